The van der Waals surface area contributed by atoms with Crippen molar-refractivity contribution in [2.45, 2.75) is 13.8 Å². The van der Waals surface area contributed by atoms with Gasteiger partial charge in [-0.15, -0.1) is 0 Å². The summed E-state index contributed by atoms with van der Waals surface area (Å²) in [4.78, 5) is 34.7. The molecule has 0 heterocycles. The molecule has 3 amide bonds. The van der Waals surface area contributed by atoms with E-state index in [1.54, 1.807) is 42.5 Å². The number of hydrogen-bond donors (Lipinski definition) is 3. The molecule has 0 aliphatic rings. The van der Waals surface area contributed by atoms with E-state index in [-0.39, 0.29) is 11.8 Å². The number of benzene rings is 2. The minimum Gasteiger partial charge on any atom is -0.453 e. The lowest BCUT2D eigenvalue weighted by Gasteiger charge is -2.10. The SMILES string of the molecule is COC(=O)Nc1ccc(NC(=O)c2ccc(C)c(NC(C)=O)c2)cc1. The summed E-state index contributed by atoms with van der Waals surface area (Å²) in [6.07, 6.45) is -0.568. The normalized spacial score (nSPS) is 9.88. The highest BCUT2D eigenvalue weighted by atomic mass is 16.5. The third kappa shape index (κ3) is 5.07. The number of ether oxygens (including phenoxy) is 1. The molecular formula is C18H19N3O4. The van der Waals surface area contributed by atoms with Crippen LogP contribution in [0.1, 0.15) is 22.8 Å². The molecule has 0 unspecified atom stereocenters. The number of methoxy groups -OCH3 is 1. The summed E-state index contributed by atoms with van der Waals surface area (Å²) < 4.78 is 4.51. The second kappa shape index (κ2) is 7.96. The lowest BCUT2D eigenvalue weighted by atomic mass is 10.1. The van der Waals surface area contributed by atoms with E-state index in [1.807, 2.05) is 6.92 Å². The van der Waals surface area contributed by atoms with Crippen molar-refractivity contribution in [2.75, 3.05) is 23.1 Å². The number of aryl methyl sites for hydroxylation is 1. The smallest absolute Gasteiger partial charge is 0.411 e. The van der Waals surface area contributed by atoms with E-state index in [1.165, 1.54) is 14.0 Å². The van der Waals surface area contributed by atoms with Crippen molar-refractivity contribution in [3.05, 3.63) is 53.6 Å². The number of nitrogens with one attached hydrogen (secondary N) is 3. The maximum Gasteiger partial charge on any atom is 0.411 e. The van der Waals surface area contributed by atoms with E-state index in [0.29, 0.717) is 22.6 Å². The molecule has 130 valence electrons. The molecule has 0 aliphatic carbocycles. The fourth-order valence-corrected chi connectivity index (χ4v) is 2.10. The number of carbonyl (C=O) groups is 3. The van der Waals surface area contributed by atoms with Crippen molar-refractivity contribution in [2.24, 2.45) is 0 Å². The van der Waals surface area contributed by atoms with Crippen LogP contribution in [0.15, 0.2) is 42.5 Å². The molecule has 2 aromatic rings. The molecule has 0 spiro atoms. The van der Waals surface area contributed by atoms with E-state index in [9.17, 15) is 14.4 Å². The molecule has 0 radical (unpaired) electrons. The van der Waals surface area contributed by atoms with Crippen LogP contribution < -0.4 is 16.0 Å². The van der Waals surface area contributed by atoms with Crippen molar-refractivity contribution in [1.82, 2.24) is 0 Å². The first-order valence-electron chi connectivity index (χ1n) is 7.53. The van der Waals surface area contributed by atoms with Crippen molar-refractivity contribution < 1.29 is 19.1 Å². The van der Waals surface area contributed by atoms with Crippen molar-refractivity contribution >= 4 is 35.0 Å². The molecule has 0 saturated carbocycles. The summed E-state index contributed by atoms with van der Waals surface area (Å²) in [6.45, 7) is 3.26. The Hall–Kier alpha value is -3.35. The van der Waals surface area contributed by atoms with Gasteiger partial charge in [0.15, 0.2) is 0 Å². The highest BCUT2D eigenvalue weighted by Crippen LogP contribution is 2.19. The fourth-order valence-electron chi connectivity index (χ4n) is 2.10. The van der Waals surface area contributed by atoms with Gasteiger partial charge in [-0.05, 0) is 48.9 Å². The summed E-state index contributed by atoms with van der Waals surface area (Å²) in [5.74, 6) is -0.505. The second-order valence-electron chi connectivity index (χ2n) is 5.36. The maximum absolute atomic E-state index is 12.4. The van der Waals surface area contributed by atoms with Crippen LogP contribution in [0, 0.1) is 6.92 Å². The lowest BCUT2D eigenvalue weighted by molar-refractivity contribution is -0.114. The van der Waals surface area contributed by atoms with Crippen LogP contribution in [0.4, 0.5) is 21.9 Å². The Bertz CT molecular complexity index is 800. The van der Waals surface area contributed by atoms with Gasteiger partial charge >= 0.3 is 6.09 Å². The molecule has 0 saturated heterocycles. The minimum atomic E-state index is -0.568. The van der Waals surface area contributed by atoms with E-state index < -0.39 is 6.09 Å². The quantitative estimate of drug-likeness (QED) is 0.794. The van der Waals surface area contributed by atoms with E-state index in [0.717, 1.165) is 5.56 Å². The Morgan fingerprint density at radius 2 is 1.48 bits per heavy atom. The minimum absolute atomic E-state index is 0.200. The van der Waals surface area contributed by atoms with Gasteiger partial charge in [0.25, 0.3) is 5.91 Å². The molecule has 7 heteroatoms. The average Bonchev–Trinajstić information content (AvgIpc) is 2.58. The molecule has 0 bridgehead atoms. The van der Waals surface area contributed by atoms with Crippen LogP contribution in [0.3, 0.4) is 0 Å². The van der Waals surface area contributed by atoms with Crippen molar-refractivity contribution in [1.29, 1.82) is 0 Å². The van der Waals surface area contributed by atoms with Crippen molar-refractivity contribution in [3.8, 4) is 0 Å². The Morgan fingerprint density at radius 1 is 0.880 bits per heavy atom. The molecule has 7 nitrogen and oxygen atoms in total. The predicted octanol–water partition coefficient (Wildman–Crippen LogP) is 3.38. The van der Waals surface area contributed by atoms with E-state index in [4.69, 9.17) is 0 Å². The highest BCUT2D eigenvalue weighted by molar-refractivity contribution is 6.05. The van der Waals surface area contributed by atoms with Crippen LogP contribution in [0.2, 0.25) is 0 Å². The zero-order valence-corrected chi connectivity index (χ0v) is 14.2. The first kappa shape index (κ1) is 18.0. The van der Waals surface area contributed by atoms with Crippen LogP contribution in [0.25, 0.3) is 0 Å². The van der Waals surface area contributed by atoms with Crippen LogP contribution in [0.5, 0.6) is 0 Å². The number of hydrogen-bond acceptors (Lipinski definition) is 4. The summed E-state index contributed by atoms with van der Waals surface area (Å²) in [5, 5.41) is 7.97. The van der Waals surface area contributed by atoms with Crippen LogP contribution in [-0.4, -0.2) is 25.0 Å². The van der Waals surface area contributed by atoms with E-state index in [2.05, 4.69) is 20.7 Å². The van der Waals surface area contributed by atoms with Gasteiger partial charge in [-0.25, -0.2) is 4.79 Å². The average molecular weight is 341 g/mol. The third-order valence-electron chi connectivity index (χ3n) is 3.39. The fraction of sp³-hybridized carbons (Fsp3) is 0.167. The summed E-state index contributed by atoms with van der Waals surface area (Å²) >= 11 is 0. The van der Waals surface area contributed by atoms with Gasteiger partial charge in [0.05, 0.1) is 7.11 Å². The Balaban J connectivity index is 2.09. The number of anilines is 3. The zero-order chi connectivity index (χ0) is 18.4. The first-order chi connectivity index (χ1) is 11.9. The lowest BCUT2D eigenvalue weighted by Crippen LogP contribution is -2.14. The predicted molar refractivity (Wildman–Crippen MR) is 95.9 cm³/mol. The third-order valence-corrected chi connectivity index (χ3v) is 3.39. The highest BCUT2D eigenvalue weighted by Gasteiger charge is 2.10. The Morgan fingerprint density at radius 3 is 2.04 bits per heavy atom. The second-order valence-corrected chi connectivity index (χ2v) is 5.36. The molecule has 0 atom stereocenters. The van der Waals surface area contributed by atoms with Gasteiger partial charge in [-0.3, -0.25) is 14.9 Å². The summed E-state index contributed by atoms with van der Waals surface area (Å²) in [6, 6.07) is 11.7. The monoisotopic (exact) mass is 341 g/mol. The maximum atomic E-state index is 12.4. The van der Waals surface area contributed by atoms with Gasteiger partial charge in [0, 0.05) is 29.5 Å². The number of carbonyl (C=O) groups excluding carboxylic acids is 3. The van der Waals surface area contributed by atoms with Crippen LogP contribution >= 0.6 is 0 Å². The zero-order valence-electron chi connectivity index (χ0n) is 14.2. The van der Waals surface area contributed by atoms with Gasteiger partial charge in [0.1, 0.15) is 0 Å². The topological polar surface area (TPSA) is 96.5 Å². The van der Waals surface area contributed by atoms with Gasteiger partial charge in [0.2, 0.25) is 5.91 Å². The van der Waals surface area contributed by atoms with Crippen molar-refractivity contribution in [3.63, 3.8) is 0 Å². The van der Waals surface area contributed by atoms with Gasteiger partial charge in [-0.1, -0.05) is 6.07 Å². The van der Waals surface area contributed by atoms with Gasteiger partial charge in [-0.2, -0.15) is 0 Å². The molecule has 3 N–H and O–H groups in total. The number of rotatable bonds is 4. The molecule has 2 aromatic carbocycles. The van der Waals surface area contributed by atoms with E-state index >= 15 is 0 Å². The van der Waals surface area contributed by atoms with Gasteiger partial charge < -0.3 is 15.4 Å². The molecule has 25 heavy (non-hydrogen) atoms. The molecular weight excluding hydrogens is 322 g/mol. The standard InChI is InChI=1S/C18H19N3O4/c1-11-4-5-13(10-16(11)19-12(2)22)17(23)20-14-6-8-15(9-7-14)21-18(24)25-3/h4-10H,1-3H3,(H,19,22)(H,20,23)(H,21,24). The molecule has 0 fully saturated rings. The summed E-state index contributed by atoms with van der Waals surface area (Å²) in [5.41, 5.74) is 3.00. The molecule has 0 aromatic heterocycles. The number of amides is 3. The molecule has 0 aliphatic heterocycles. The summed E-state index contributed by atoms with van der Waals surface area (Å²) in [7, 11) is 1.28. The van der Waals surface area contributed by atoms with Crippen LogP contribution in [-0.2, 0) is 9.53 Å². The Kier molecular flexibility index (Phi) is 5.73. The Labute approximate surface area is 145 Å². The largest absolute Gasteiger partial charge is 0.453 e. The first-order valence-corrected chi connectivity index (χ1v) is 7.53. The molecule has 2 rings (SSSR count).